The molecule has 1 heterocycles. The second-order valence-electron chi connectivity index (χ2n) is 4.15. The molecule has 0 aliphatic heterocycles. The monoisotopic (exact) mass is 344 g/mol. The van der Waals surface area contributed by atoms with E-state index < -0.39 is 5.91 Å². The number of hydrogen-bond acceptors (Lipinski definition) is 3. The van der Waals surface area contributed by atoms with Crippen molar-refractivity contribution in [1.82, 2.24) is 4.98 Å². The van der Waals surface area contributed by atoms with Crippen LogP contribution in [0, 0.1) is 6.92 Å². The Kier molecular flexibility index (Phi) is 5.28. The van der Waals surface area contributed by atoms with Gasteiger partial charge in [-0.05, 0) is 25.1 Å². The molecule has 2 aromatic rings. The van der Waals surface area contributed by atoms with Crippen molar-refractivity contribution in [2.45, 2.75) is 6.92 Å². The first-order valence-electron chi connectivity index (χ1n) is 5.97. The van der Waals surface area contributed by atoms with Crippen LogP contribution in [0.1, 0.15) is 5.69 Å². The Morgan fingerprint density at radius 1 is 1.19 bits per heavy atom. The minimum absolute atomic E-state index is 0.205. The number of aromatic nitrogens is 1. The summed E-state index contributed by atoms with van der Waals surface area (Å²) >= 11 is 17.8. The molecule has 1 aromatic heterocycles. The maximum absolute atomic E-state index is 11.8. The lowest BCUT2D eigenvalue weighted by Crippen LogP contribution is -2.21. The van der Waals surface area contributed by atoms with Gasteiger partial charge in [0.15, 0.2) is 12.4 Å². The van der Waals surface area contributed by atoms with Gasteiger partial charge in [0.1, 0.15) is 5.75 Å². The number of halogens is 3. The van der Waals surface area contributed by atoms with Crippen LogP contribution in [-0.4, -0.2) is 17.5 Å². The van der Waals surface area contributed by atoms with Crippen LogP contribution >= 0.6 is 34.8 Å². The number of nitrogens with one attached hydrogen (secondary N) is 1. The highest BCUT2D eigenvalue weighted by molar-refractivity contribution is 6.36. The molecular weight excluding hydrogens is 335 g/mol. The number of benzene rings is 1. The van der Waals surface area contributed by atoms with Gasteiger partial charge in [0, 0.05) is 0 Å². The van der Waals surface area contributed by atoms with E-state index in [0.29, 0.717) is 21.5 Å². The highest BCUT2D eigenvalue weighted by atomic mass is 35.5. The van der Waals surface area contributed by atoms with Gasteiger partial charge in [0.2, 0.25) is 0 Å². The summed E-state index contributed by atoms with van der Waals surface area (Å²) < 4.78 is 5.32. The highest BCUT2D eigenvalue weighted by Gasteiger charge is 2.11. The number of para-hydroxylation sites is 1. The molecule has 7 heteroatoms. The lowest BCUT2D eigenvalue weighted by molar-refractivity contribution is -0.118. The Balaban J connectivity index is 1.99. The molecule has 0 radical (unpaired) electrons. The largest absolute Gasteiger partial charge is 0.482 e. The number of amides is 1. The predicted molar refractivity (Wildman–Crippen MR) is 84.6 cm³/mol. The molecule has 110 valence electrons. The Labute approximate surface area is 137 Å². The van der Waals surface area contributed by atoms with Gasteiger partial charge in [-0.25, -0.2) is 4.98 Å². The molecule has 0 bridgehead atoms. The average Bonchev–Trinajstić information content (AvgIpc) is 2.44. The summed E-state index contributed by atoms with van der Waals surface area (Å²) in [7, 11) is 0. The molecule has 21 heavy (non-hydrogen) atoms. The summed E-state index contributed by atoms with van der Waals surface area (Å²) in [4.78, 5) is 15.9. The van der Waals surface area contributed by atoms with Crippen molar-refractivity contribution in [2.24, 2.45) is 0 Å². The summed E-state index contributed by atoms with van der Waals surface area (Å²) in [5.41, 5.74) is 0.573. The topological polar surface area (TPSA) is 51.2 Å². The maximum Gasteiger partial charge on any atom is 0.263 e. The number of rotatable bonds is 4. The quantitative estimate of drug-likeness (QED) is 0.895. The van der Waals surface area contributed by atoms with E-state index in [-0.39, 0.29) is 17.4 Å². The molecule has 1 N–H and O–H groups in total. The van der Waals surface area contributed by atoms with Gasteiger partial charge < -0.3 is 10.1 Å². The Hall–Kier alpha value is -1.49. The van der Waals surface area contributed by atoms with Crippen LogP contribution in [0.5, 0.6) is 5.75 Å². The fourth-order valence-electron chi connectivity index (χ4n) is 1.52. The van der Waals surface area contributed by atoms with Crippen molar-refractivity contribution in [3.63, 3.8) is 0 Å². The van der Waals surface area contributed by atoms with Gasteiger partial charge in [0.25, 0.3) is 5.91 Å². The van der Waals surface area contributed by atoms with Gasteiger partial charge in [-0.3, -0.25) is 4.79 Å². The highest BCUT2D eigenvalue weighted by Crippen LogP contribution is 2.26. The van der Waals surface area contributed by atoms with Crippen LogP contribution in [0.2, 0.25) is 15.1 Å². The average molecular weight is 346 g/mol. The SMILES string of the molecule is Cc1nc(NC(=O)COc2ccccc2Cl)c(Cl)cc1Cl. The van der Waals surface area contributed by atoms with Crippen molar-refractivity contribution in [2.75, 3.05) is 11.9 Å². The van der Waals surface area contributed by atoms with Crippen LogP contribution in [0.4, 0.5) is 5.82 Å². The van der Waals surface area contributed by atoms with E-state index in [9.17, 15) is 4.79 Å². The molecule has 0 saturated heterocycles. The second kappa shape index (κ2) is 6.98. The molecule has 0 unspecified atom stereocenters. The molecule has 0 aliphatic rings. The van der Waals surface area contributed by atoms with Crippen molar-refractivity contribution < 1.29 is 9.53 Å². The lowest BCUT2D eigenvalue weighted by Gasteiger charge is -2.10. The summed E-state index contributed by atoms with van der Waals surface area (Å²) in [5.74, 6) is 0.276. The van der Waals surface area contributed by atoms with Gasteiger partial charge >= 0.3 is 0 Å². The van der Waals surface area contributed by atoms with Gasteiger partial charge in [0.05, 0.1) is 20.8 Å². The molecule has 0 aliphatic carbocycles. The molecule has 0 fully saturated rings. The predicted octanol–water partition coefficient (Wildman–Crippen LogP) is 4.37. The molecule has 0 spiro atoms. The third-order valence-electron chi connectivity index (χ3n) is 2.56. The van der Waals surface area contributed by atoms with Crippen LogP contribution in [0.25, 0.3) is 0 Å². The van der Waals surface area contributed by atoms with Crippen LogP contribution in [-0.2, 0) is 4.79 Å². The fraction of sp³-hybridized carbons (Fsp3) is 0.143. The third kappa shape index (κ3) is 4.24. The van der Waals surface area contributed by atoms with E-state index in [4.69, 9.17) is 39.5 Å². The first-order valence-corrected chi connectivity index (χ1v) is 7.10. The van der Waals surface area contributed by atoms with E-state index in [1.54, 1.807) is 31.2 Å². The molecular formula is C14H11Cl3N2O2. The number of ether oxygens (including phenoxy) is 1. The Morgan fingerprint density at radius 3 is 2.62 bits per heavy atom. The smallest absolute Gasteiger partial charge is 0.263 e. The van der Waals surface area contributed by atoms with Crippen LogP contribution in [0.15, 0.2) is 30.3 Å². The lowest BCUT2D eigenvalue weighted by atomic mass is 10.3. The number of carbonyl (C=O) groups is 1. The first-order chi connectivity index (χ1) is 9.97. The zero-order chi connectivity index (χ0) is 15.4. The van der Waals surface area contributed by atoms with E-state index in [1.165, 1.54) is 6.07 Å². The van der Waals surface area contributed by atoms with Crippen LogP contribution in [0.3, 0.4) is 0 Å². The van der Waals surface area contributed by atoms with Crippen LogP contribution < -0.4 is 10.1 Å². The number of pyridine rings is 1. The zero-order valence-electron chi connectivity index (χ0n) is 11.0. The van der Waals surface area contributed by atoms with Crippen molar-refractivity contribution in [1.29, 1.82) is 0 Å². The fourth-order valence-corrected chi connectivity index (χ4v) is 2.12. The van der Waals surface area contributed by atoms with E-state index in [1.807, 2.05) is 0 Å². The molecule has 1 aromatic carbocycles. The van der Waals surface area contributed by atoms with Gasteiger partial charge in [-0.1, -0.05) is 46.9 Å². The molecule has 4 nitrogen and oxygen atoms in total. The Bertz CT molecular complexity index is 677. The summed E-state index contributed by atoms with van der Waals surface area (Å²) in [5, 5.41) is 3.69. The third-order valence-corrected chi connectivity index (χ3v) is 3.54. The zero-order valence-corrected chi connectivity index (χ0v) is 13.3. The normalized spacial score (nSPS) is 10.3. The summed E-state index contributed by atoms with van der Waals surface area (Å²) in [6, 6.07) is 8.41. The van der Waals surface area contributed by atoms with Gasteiger partial charge in [-0.15, -0.1) is 0 Å². The summed E-state index contributed by atoms with van der Waals surface area (Å²) in [6.07, 6.45) is 0. The standard InChI is InChI=1S/C14H11Cl3N2O2/c1-8-10(16)6-11(17)14(18-8)19-13(20)7-21-12-5-3-2-4-9(12)15/h2-6H,7H2,1H3,(H,18,19,20). The molecule has 2 rings (SSSR count). The first kappa shape index (κ1) is 15.9. The number of hydrogen-bond donors (Lipinski definition) is 1. The number of anilines is 1. The number of nitrogens with zero attached hydrogens (tertiary/aromatic N) is 1. The van der Waals surface area contributed by atoms with E-state index in [0.717, 1.165) is 0 Å². The Morgan fingerprint density at radius 2 is 1.90 bits per heavy atom. The van der Waals surface area contributed by atoms with E-state index in [2.05, 4.69) is 10.3 Å². The summed E-state index contributed by atoms with van der Waals surface area (Å²) in [6.45, 7) is 1.51. The van der Waals surface area contributed by atoms with Crippen molar-refractivity contribution >= 4 is 46.5 Å². The number of aryl methyl sites for hydroxylation is 1. The van der Waals surface area contributed by atoms with Crippen molar-refractivity contribution in [3.8, 4) is 5.75 Å². The maximum atomic E-state index is 11.8. The number of carbonyl (C=O) groups excluding carboxylic acids is 1. The van der Waals surface area contributed by atoms with E-state index >= 15 is 0 Å². The van der Waals surface area contributed by atoms with Crippen molar-refractivity contribution in [3.05, 3.63) is 51.1 Å². The second-order valence-corrected chi connectivity index (χ2v) is 5.37. The minimum Gasteiger partial charge on any atom is -0.482 e. The minimum atomic E-state index is -0.397. The molecule has 1 amide bonds. The molecule has 0 atom stereocenters. The van der Waals surface area contributed by atoms with Gasteiger partial charge in [-0.2, -0.15) is 0 Å². The molecule has 0 saturated carbocycles.